The SMILES string of the molecule is Cc1nc(NCCC(C)C(N)=O)cc(Nc2ncc(-c3ccccc3)s2)n1. The number of hydrogen-bond donors (Lipinski definition) is 3. The fourth-order valence-corrected chi connectivity index (χ4v) is 3.29. The Morgan fingerprint density at radius 1 is 1.22 bits per heavy atom. The van der Waals surface area contributed by atoms with Crippen LogP contribution in [-0.2, 0) is 4.79 Å². The predicted octanol–water partition coefficient (Wildman–Crippen LogP) is 3.58. The summed E-state index contributed by atoms with van der Waals surface area (Å²) in [7, 11) is 0. The number of hydrogen-bond acceptors (Lipinski definition) is 7. The van der Waals surface area contributed by atoms with Crippen molar-refractivity contribution in [3.05, 3.63) is 48.4 Å². The van der Waals surface area contributed by atoms with E-state index >= 15 is 0 Å². The van der Waals surface area contributed by atoms with Gasteiger partial charge in [0.2, 0.25) is 5.91 Å². The minimum absolute atomic E-state index is 0.176. The number of amides is 1. The molecule has 4 N–H and O–H groups in total. The molecule has 1 amide bonds. The van der Waals surface area contributed by atoms with Crippen molar-refractivity contribution in [1.29, 1.82) is 0 Å². The van der Waals surface area contributed by atoms with Gasteiger partial charge in [0.05, 0.1) is 4.88 Å². The Hall–Kier alpha value is -3.00. The van der Waals surface area contributed by atoms with Gasteiger partial charge in [-0.1, -0.05) is 48.6 Å². The fraction of sp³-hybridized carbons (Fsp3) is 0.263. The Morgan fingerprint density at radius 2 is 1.96 bits per heavy atom. The maximum absolute atomic E-state index is 11.1. The highest BCUT2D eigenvalue weighted by Gasteiger charge is 2.10. The summed E-state index contributed by atoms with van der Waals surface area (Å²) in [5, 5.41) is 7.21. The van der Waals surface area contributed by atoms with Crippen LogP contribution in [0.1, 0.15) is 19.2 Å². The highest BCUT2D eigenvalue weighted by atomic mass is 32.1. The molecular formula is C19H22N6OS. The summed E-state index contributed by atoms with van der Waals surface area (Å²) < 4.78 is 0. The summed E-state index contributed by atoms with van der Waals surface area (Å²) in [6.07, 6.45) is 2.49. The van der Waals surface area contributed by atoms with Crippen LogP contribution in [0.15, 0.2) is 42.6 Å². The van der Waals surface area contributed by atoms with Crippen LogP contribution in [0.2, 0.25) is 0 Å². The molecule has 1 atom stereocenters. The monoisotopic (exact) mass is 382 g/mol. The van der Waals surface area contributed by atoms with Gasteiger partial charge < -0.3 is 16.4 Å². The summed E-state index contributed by atoms with van der Waals surface area (Å²) in [5.41, 5.74) is 6.42. The lowest BCUT2D eigenvalue weighted by Crippen LogP contribution is -2.22. The van der Waals surface area contributed by atoms with Crippen LogP contribution in [0.25, 0.3) is 10.4 Å². The first-order valence-corrected chi connectivity index (χ1v) is 9.50. The van der Waals surface area contributed by atoms with Crippen LogP contribution < -0.4 is 16.4 Å². The van der Waals surface area contributed by atoms with Gasteiger partial charge in [-0.25, -0.2) is 15.0 Å². The number of anilines is 3. The third kappa shape index (κ3) is 5.24. The molecule has 3 rings (SSSR count). The first-order chi connectivity index (χ1) is 13.0. The molecule has 0 saturated heterocycles. The number of primary amides is 1. The van der Waals surface area contributed by atoms with E-state index in [1.165, 1.54) is 0 Å². The van der Waals surface area contributed by atoms with Crippen molar-refractivity contribution in [3.63, 3.8) is 0 Å². The molecule has 3 aromatic rings. The van der Waals surface area contributed by atoms with Crippen LogP contribution in [0.5, 0.6) is 0 Å². The zero-order chi connectivity index (χ0) is 19.2. The zero-order valence-electron chi connectivity index (χ0n) is 15.3. The largest absolute Gasteiger partial charge is 0.370 e. The van der Waals surface area contributed by atoms with Crippen LogP contribution >= 0.6 is 11.3 Å². The van der Waals surface area contributed by atoms with Crippen molar-refractivity contribution in [3.8, 4) is 10.4 Å². The van der Waals surface area contributed by atoms with Gasteiger partial charge in [-0.05, 0) is 18.9 Å². The van der Waals surface area contributed by atoms with Crippen molar-refractivity contribution in [1.82, 2.24) is 15.0 Å². The molecule has 2 heterocycles. The number of nitrogens with zero attached hydrogens (tertiary/aromatic N) is 3. The number of benzene rings is 1. The van der Waals surface area contributed by atoms with Crippen LogP contribution in [-0.4, -0.2) is 27.4 Å². The highest BCUT2D eigenvalue weighted by Crippen LogP contribution is 2.30. The Kier molecular flexibility index (Phi) is 5.97. The molecule has 0 saturated carbocycles. The number of nitrogens with two attached hydrogens (primary N) is 1. The van der Waals surface area contributed by atoms with Crippen molar-refractivity contribution in [2.75, 3.05) is 17.2 Å². The van der Waals surface area contributed by atoms with Crippen molar-refractivity contribution in [2.24, 2.45) is 11.7 Å². The Labute approximate surface area is 162 Å². The van der Waals surface area contributed by atoms with E-state index in [4.69, 9.17) is 5.73 Å². The fourth-order valence-electron chi connectivity index (χ4n) is 2.46. The predicted molar refractivity (Wildman–Crippen MR) is 109 cm³/mol. The molecule has 2 aromatic heterocycles. The van der Waals surface area contributed by atoms with Crippen molar-refractivity contribution >= 4 is 34.0 Å². The van der Waals surface area contributed by atoms with Crippen LogP contribution in [0.4, 0.5) is 16.8 Å². The van der Waals surface area contributed by atoms with E-state index in [0.717, 1.165) is 15.6 Å². The maximum atomic E-state index is 11.1. The Morgan fingerprint density at radius 3 is 2.70 bits per heavy atom. The topological polar surface area (TPSA) is 106 Å². The number of carbonyl (C=O) groups excluding carboxylic acids is 1. The molecule has 140 valence electrons. The molecule has 7 nitrogen and oxygen atoms in total. The Bertz CT molecular complexity index is 912. The van der Waals surface area contributed by atoms with E-state index in [1.807, 2.05) is 44.3 Å². The summed E-state index contributed by atoms with van der Waals surface area (Å²) in [5.74, 6) is 1.54. The third-order valence-electron chi connectivity index (χ3n) is 4.01. The van der Waals surface area contributed by atoms with Crippen LogP contribution in [0.3, 0.4) is 0 Å². The first-order valence-electron chi connectivity index (χ1n) is 8.68. The lowest BCUT2D eigenvalue weighted by molar-refractivity contribution is -0.121. The summed E-state index contributed by atoms with van der Waals surface area (Å²) >= 11 is 1.56. The lowest BCUT2D eigenvalue weighted by atomic mass is 10.1. The minimum atomic E-state index is -0.295. The second-order valence-electron chi connectivity index (χ2n) is 6.23. The average molecular weight is 382 g/mol. The number of aromatic nitrogens is 3. The smallest absolute Gasteiger partial charge is 0.220 e. The molecule has 0 aliphatic rings. The summed E-state index contributed by atoms with van der Waals surface area (Å²) in [6.45, 7) is 4.25. The van der Waals surface area contributed by atoms with E-state index < -0.39 is 0 Å². The quantitative estimate of drug-likeness (QED) is 0.550. The standard InChI is InChI=1S/C19H22N6OS/c1-12(18(20)26)8-9-21-16-10-17(24-13(2)23-16)25-19-22-11-15(27-19)14-6-4-3-5-7-14/h3-7,10-12H,8-9H2,1-2H3,(H2,20,26)(H2,21,22,23,24,25). The number of nitrogens with one attached hydrogen (secondary N) is 2. The van der Waals surface area contributed by atoms with Gasteiger partial charge in [0.15, 0.2) is 5.13 Å². The number of rotatable bonds is 8. The number of thiazole rings is 1. The van der Waals surface area contributed by atoms with Gasteiger partial charge in [0.1, 0.15) is 17.5 Å². The van der Waals surface area contributed by atoms with Crippen molar-refractivity contribution < 1.29 is 4.79 Å². The number of aryl methyl sites for hydroxylation is 1. The van der Waals surface area contributed by atoms with Gasteiger partial charge in [0.25, 0.3) is 0 Å². The van der Waals surface area contributed by atoms with E-state index in [9.17, 15) is 4.79 Å². The molecular weight excluding hydrogens is 360 g/mol. The molecule has 1 aromatic carbocycles. The molecule has 0 spiro atoms. The van der Waals surface area contributed by atoms with Gasteiger partial charge in [-0.15, -0.1) is 0 Å². The minimum Gasteiger partial charge on any atom is -0.370 e. The average Bonchev–Trinajstić information content (AvgIpc) is 3.10. The summed E-state index contributed by atoms with van der Waals surface area (Å²) in [6, 6.07) is 11.9. The highest BCUT2D eigenvalue weighted by molar-refractivity contribution is 7.18. The second-order valence-corrected chi connectivity index (χ2v) is 7.26. The van der Waals surface area contributed by atoms with E-state index in [-0.39, 0.29) is 11.8 Å². The molecule has 0 radical (unpaired) electrons. The first kappa shape index (κ1) is 18.8. The molecule has 0 fully saturated rings. The van der Waals surface area contributed by atoms with Gasteiger partial charge in [-0.2, -0.15) is 0 Å². The van der Waals surface area contributed by atoms with E-state index in [2.05, 4.69) is 37.7 Å². The van der Waals surface area contributed by atoms with E-state index in [1.54, 1.807) is 11.3 Å². The normalized spacial score (nSPS) is 11.8. The van der Waals surface area contributed by atoms with E-state index in [0.29, 0.717) is 30.4 Å². The molecule has 1 unspecified atom stereocenters. The summed E-state index contributed by atoms with van der Waals surface area (Å²) in [4.78, 5) is 25.4. The van der Waals surface area contributed by atoms with Crippen LogP contribution in [0, 0.1) is 12.8 Å². The van der Waals surface area contributed by atoms with Gasteiger partial charge >= 0.3 is 0 Å². The molecule has 8 heteroatoms. The van der Waals surface area contributed by atoms with Gasteiger partial charge in [0, 0.05) is 24.7 Å². The maximum Gasteiger partial charge on any atom is 0.220 e. The Balaban J connectivity index is 1.66. The van der Waals surface area contributed by atoms with Gasteiger partial charge in [-0.3, -0.25) is 4.79 Å². The third-order valence-corrected chi connectivity index (χ3v) is 4.97. The molecule has 0 aliphatic heterocycles. The zero-order valence-corrected chi connectivity index (χ0v) is 16.1. The van der Waals surface area contributed by atoms with Crippen molar-refractivity contribution in [2.45, 2.75) is 20.3 Å². The lowest BCUT2D eigenvalue weighted by Gasteiger charge is -2.10. The molecule has 0 aliphatic carbocycles. The molecule has 27 heavy (non-hydrogen) atoms. The second kappa shape index (κ2) is 8.59. The number of carbonyl (C=O) groups is 1. The molecule has 0 bridgehead atoms.